The number of benzene rings is 8. The molecule has 0 fully saturated rings. The Morgan fingerprint density at radius 3 is 1.83 bits per heavy atom. The number of nitrogens with two attached hydrogens (primary N) is 1. The number of fused-ring (bicyclic) bond motifs is 4. The smallest absolute Gasteiger partial charge is 0.185 e. The van der Waals surface area contributed by atoms with Crippen LogP contribution in [0, 0.1) is 0 Å². The van der Waals surface area contributed by atoms with Crippen LogP contribution in [0.3, 0.4) is 0 Å². The van der Waals surface area contributed by atoms with E-state index in [-0.39, 0.29) is 5.69 Å². The molecule has 58 heavy (non-hydrogen) atoms. The number of hydrogen-bond acceptors (Lipinski definition) is 5. The van der Waals surface area contributed by atoms with Gasteiger partial charge in [-0.05, 0) is 68.7 Å². The van der Waals surface area contributed by atoms with Gasteiger partial charge in [0.1, 0.15) is 19.4 Å². The van der Waals surface area contributed by atoms with E-state index in [1.165, 1.54) is 5.56 Å². The molecule has 0 saturated carbocycles. The zero-order valence-electron chi connectivity index (χ0n) is 31.2. The maximum absolute atomic E-state index is 10.9. The summed E-state index contributed by atoms with van der Waals surface area (Å²) in [6.45, 7) is 0. The first-order valence-electron chi connectivity index (χ1n) is 18.8. The van der Waals surface area contributed by atoms with Crippen LogP contribution in [0.1, 0.15) is 16.7 Å². The minimum absolute atomic E-state index is 0.170. The molecule has 1 aromatic heterocycles. The highest BCUT2D eigenvalue weighted by atomic mass is 16.3. The Labute approximate surface area is 336 Å². The van der Waals surface area contributed by atoms with Crippen molar-refractivity contribution < 1.29 is 20.4 Å². The molecule has 0 aliphatic heterocycles. The molecule has 0 amide bonds. The maximum Gasteiger partial charge on any atom is 0.185 e. The Morgan fingerprint density at radius 1 is 0.552 bits per heavy atom. The van der Waals surface area contributed by atoms with E-state index in [4.69, 9.17) is 18.6 Å². The quantitative estimate of drug-likeness (QED) is 0.0348. The van der Waals surface area contributed by atoms with Gasteiger partial charge in [0.25, 0.3) is 0 Å². The van der Waals surface area contributed by atoms with Gasteiger partial charge in [-0.15, -0.1) is 0 Å². The number of amidine groups is 1. The van der Waals surface area contributed by atoms with Crippen molar-refractivity contribution in [3.8, 4) is 50.9 Å². The van der Waals surface area contributed by atoms with Gasteiger partial charge in [-0.3, -0.25) is 0 Å². The third kappa shape index (κ3) is 6.27. The number of hydrogen-bond donors (Lipinski definition) is 5. The van der Waals surface area contributed by atoms with E-state index in [0.717, 1.165) is 60.6 Å². The Hall–Kier alpha value is -7.71. The van der Waals surface area contributed by atoms with E-state index in [2.05, 4.69) is 78.9 Å². The first kappa shape index (κ1) is 36.0. The van der Waals surface area contributed by atoms with E-state index < -0.39 is 28.5 Å². The van der Waals surface area contributed by atoms with Gasteiger partial charge in [0.05, 0.1) is 16.7 Å². The predicted octanol–water partition coefficient (Wildman–Crippen LogP) is 9.88. The molecule has 9 aromatic rings. The third-order valence-corrected chi connectivity index (χ3v) is 10.7. The molecule has 0 bridgehead atoms. The second-order valence-corrected chi connectivity index (χ2v) is 14.2. The van der Waals surface area contributed by atoms with Gasteiger partial charge in [0.2, 0.25) is 0 Å². The molecule has 0 spiro atoms. The van der Waals surface area contributed by atoms with Crippen molar-refractivity contribution in [2.24, 2.45) is 10.7 Å². The number of nitrogens with zero attached hydrogens (tertiary/aromatic N) is 2. The second-order valence-electron chi connectivity index (χ2n) is 14.2. The van der Waals surface area contributed by atoms with Crippen LogP contribution in [0.4, 0.5) is 0 Å². The zero-order chi connectivity index (χ0) is 39.9. The maximum atomic E-state index is 10.9. The summed E-state index contributed by atoms with van der Waals surface area (Å²) < 4.78 is 1.61. The van der Waals surface area contributed by atoms with E-state index in [1.54, 1.807) is 4.57 Å². The lowest BCUT2D eigenvalue weighted by molar-refractivity contribution is 0.376. The molecule has 0 unspecified atom stereocenters. The minimum atomic E-state index is -0.711. The highest BCUT2D eigenvalue weighted by Gasteiger charge is 2.25. The first-order chi connectivity index (χ1) is 28.3. The van der Waals surface area contributed by atoms with Gasteiger partial charge in [0.15, 0.2) is 23.0 Å². The van der Waals surface area contributed by atoms with Crippen molar-refractivity contribution in [2.45, 2.75) is 6.42 Å². The summed E-state index contributed by atoms with van der Waals surface area (Å²) >= 11 is 0. The summed E-state index contributed by atoms with van der Waals surface area (Å²) in [4.78, 5) is 5.01. The minimum Gasteiger partial charge on any atom is -0.505 e. The first-order valence-corrected chi connectivity index (χ1v) is 18.8. The molecule has 0 aliphatic rings. The van der Waals surface area contributed by atoms with Gasteiger partial charge in [-0.25, -0.2) is 4.99 Å². The molecule has 0 saturated heterocycles. The van der Waals surface area contributed by atoms with Crippen molar-refractivity contribution in [1.29, 1.82) is 0 Å². The van der Waals surface area contributed by atoms with E-state index in [9.17, 15) is 20.4 Å². The Kier molecular flexibility index (Phi) is 9.14. The summed E-state index contributed by atoms with van der Waals surface area (Å²) in [6, 6.07) is 54.7. The Morgan fingerprint density at radius 2 is 1.12 bits per heavy atom. The number of aromatic nitrogens is 1. The van der Waals surface area contributed by atoms with Crippen LogP contribution in [0.2, 0.25) is 0 Å². The molecule has 9 rings (SSSR count). The van der Waals surface area contributed by atoms with Gasteiger partial charge in [-0.1, -0.05) is 152 Å². The van der Waals surface area contributed by atoms with Gasteiger partial charge in [-0.2, -0.15) is 0 Å². The van der Waals surface area contributed by atoms with Crippen molar-refractivity contribution in [2.75, 3.05) is 0 Å². The Balaban J connectivity index is 1.11. The largest absolute Gasteiger partial charge is 0.505 e. The lowest BCUT2D eigenvalue weighted by atomic mass is 9.92. The average Bonchev–Trinajstić information content (AvgIpc) is 3.60. The molecule has 7 nitrogen and oxygen atoms in total. The number of phenolic OH excluding ortho intramolecular Hbond substituents is 4. The number of phenols is 4. The molecule has 8 heteroatoms. The van der Waals surface area contributed by atoms with Crippen LogP contribution < -0.4 is 11.2 Å². The summed E-state index contributed by atoms with van der Waals surface area (Å²) in [7, 11) is 5.73. The molecule has 0 aliphatic carbocycles. The molecule has 1 heterocycles. The van der Waals surface area contributed by atoms with Crippen LogP contribution in [-0.2, 0) is 6.42 Å². The normalized spacial score (nSPS) is 12.1. The highest BCUT2D eigenvalue weighted by molar-refractivity contribution is 6.37. The fourth-order valence-corrected chi connectivity index (χ4v) is 7.77. The highest BCUT2D eigenvalue weighted by Crippen LogP contribution is 2.46. The summed E-state index contributed by atoms with van der Waals surface area (Å²) in [5, 5.41) is 46.7. The van der Waals surface area contributed by atoms with Crippen LogP contribution in [0.25, 0.3) is 66.2 Å². The number of aliphatic imine (C=N–C) groups is 1. The number of aromatic hydroxyl groups is 4. The van der Waals surface area contributed by atoms with E-state index in [1.807, 2.05) is 91.0 Å². The van der Waals surface area contributed by atoms with Gasteiger partial charge in [0, 0.05) is 21.9 Å². The fourth-order valence-electron chi connectivity index (χ4n) is 7.77. The van der Waals surface area contributed by atoms with Crippen molar-refractivity contribution >= 4 is 57.4 Å². The van der Waals surface area contributed by atoms with Crippen LogP contribution >= 0.6 is 0 Å². The molecule has 0 atom stereocenters. The lowest BCUT2D eigenvalue weighted by Crippen LogP contribution is -2.13. The molecule has 6 N–H and O–H groups in total. The fraction of sp³-hybridized carbons (Fsp3) is 0.0200. The molecule has 278 valence electrons. The molecular formula is C50H36BN3O4. The number of rotatable bonds is 8. The number of para-hydroxylation sites is 1. The van der Waals surface area contributed by atoms with Crippen LogP contribution in [0.5, 0.6) is 23.0 Å². The van der Waals surface area contributed by atoms with Gasteiger partial charge < -0.3 is 30.7 Å². The zero-order valence-corrected chi connectivity index (χ0v) is 31.2. The van der Waals surface area contributed by atoms with Crippen LogP contribution in [-0.4, -0.2) is 38.7 Å². The van der Waals surface area contributed by atoms with Crippen molar-refractivity contribution in [3.63, 3.8) is 0 Å². The molecular weight excluding hydrogens is 717 g/mol. The molecule has 2 radical (unpaired) electrons. The monoisotopic (exact) mass is 753 g/mol. The van der Waals surface area contributed by atoms with E-state index >= 15 is 0 Å². The van der Waals surface area contributed by atoms with Crippen molar-refractivity contribution in [3.05, 3.63) is 187 Å². The topological polar surface area (TPSA) is 124 Å². The SMILES string of the molecule is [B]c1c(O)c(O)c(-n2c3ccccc3c3cc(-c4ccc(-c5ccc(/C(=C/Cc6ccccc6)N=C(N)c6ccccc6)c6ccccc56)cc4)ccc32)c(O)c1O. The van der Waals surface area contributed by atoms with Gasteiger partial charge >= 0.3 is 0 Å². The Bertz CT molecular complexity index is 3050. The van der Waals surface area contributed by atoms with Crippen LogP contribution in [0.15, 0.2) is 175 Å². The second kappa shape index (κ2) is 14.7. The average molecular weight is 754 g/mol. The predicted molar refractivity (Wildman–Crippen MR) is 236 cm³/mol. The summed E-state index contributed by atoms with van der Waals surface area (Å²) in [5.74, 6) is -2.25. The summed E-state index contributed by atoms with van der Waals surface area (Å²) in [5.41, 5.74) is 15.2. The number of allylic oxidation sites excluding steroid dienone is 1. The standard InChI is InChI=1S/C50H36BN3O4/c51-44-46(55)48(57)45(49(58)47(44)56)54-42-18-10-9-17-39(42)40-29-34(24-28-43(40)54)31-20-22-32(23-21-31)35-25-26-38(37-16-8-7-15-36(35)37)41(27-19-30-11-3-1-4-12-30)53-50(52)33-13-5-2-6-14-33/h1-18,20-29,55-58H,19H2,(H2,52,53)/b41-27-. The molecule has 8 aromatic carbocycles. The third-order valence-electron chi connectivity index (χ3n) is 10.7. The van der Waals surface area contributed by atoms with E-state index in [0.29, 0.717) is 23.3 Å². The lowest BCUT2D eigenvalue weighted by Gasteiger charge is -2.16. The summed E-state index contributed by atoms with van der Waals surface area (Å²) in [6.07, 6.45) is 2.84. The van der Waals surface area contributed by atoms with Crippen molar-refractivity contribution in [1.82, 2.24) is 4.57 Å².